The van der Waals surface area contributed by atoms with Crippen molar-refractivity contribution in [2.75, 3.05) is 0 Å². The summed E-state index contributed by atoms with van der Waals surface area (Å²) in [7, 11) is 0. The molecule has 1 aromatic rings. The molecular formula is C14H15FN2O4. The molecule has 0 radical (unpaired) electrons. The summed E-state index contributed by atoms with van der Waals surface area (Å²) in [6.45, 7) is 0. The van der Waals surface area contributed by atoms with E-state index in [2.05, 4.69) is 10.6 Å². The summed E-state index contributed by atoms with van der Waals surface area (Å²) in [4.78, 5) is 34.2. The van der Waals surface area contributed by atoms with E-state index in [0.717, 1.165) is 0 Å². The van der Waals surface area contributed by atoms with Crippen LogP contribution in [-0.4, -0.2) is 35.0 Å². The molecule has 112 valence electrons. The Kier molecular flexibility index (Phi) is 4.52. The Morgan fingerprint density at radius 2 is 2.14 bits per heavy atom. The van der Waals surface area contributed by atoms with Gasteiger partial charge in [-0.1, -0.05) is 18.2 Å². The first-order valence-corrected chi connectivity index (χ1v) is 6.53. The largest absolute Gasteiger partial charge is 0.480 e. The van der Waals surface area contributed by atoms with Crippen LogP contribution in [0.25, 0.3) is 0 Å². The summed E-state index contributed by atoms with van der Waals surface area (Å²) in [6.07, 6.45) is 0.411. The van der Waals surface area contributed by atoms with Gasteiger partial charge in [0.1, 0.15) is 17.9 Å². The third-order valence-corrected chi connectivity index (χ3v) is 3.31. The Balaban J connectivity index is 2.03. The average molecular weight is 294 g/mol. The second-order valence-electron chi connectivity index (χ2n) is 4.85. The van der Waals surface area contributed by atoms with E-state index >= 15 is 0 Å². The number of amides is 2. The van der Waals surface area contributed by atoms with Crippen molar-refractivity contribution in [3.8, 4) is 0 Å². The van der Waals surface area contributed by atoms with E-state index in [4.69, 9.17) is 5.11 Å². The summed E-state index contributed by atoms with van der Waals surface area (Å²) >= 11 is 0. The predicted octanol–water partition coefficient (Wildman–Crippen LogP) is 0.216. The SMILES string of the molecule is O=C1CC[C@H](C(=O)N[C@H](Cc2ccccc2F)C(=O)O)N1. The number of benzene rings is 1. The highest BCUT2D eigenvalue weighted by atomic mass is 19.1. The highest BCUT2D eigenvalue weighted by Crippen LogP contribution is 2.11. The third-order valence-electron chi connectivity index (χ3n) is 3.31. The lowest BCUT2D eigenvalue weighted by Gasteiger charge is -2.17. The van der Waals surface area contributed by atoms with Gasteiger partial charge in [-0.25, -0.2) is 9.18 Å². The highest BCUT2D eigenvalue weighted by molar-refractivity contribution is 5.92. The number of aliphatic carboxylic acids is 1. The molecule has 3 N–H and O–H groups in total. The van der Waals surface area contributed by atoms with Gasteiger partial charge >= 0.3 is 5.97 Å². The van der Waals surface area contributed by atoms with Crippen molar-refractivity contribution in [1.29, 1.82) is 0 Å². The van der Waals surface area contributed by atoms with E-state index in [9.17, 15) is 18.8 Å². The summed E-state index contributed by atoms with van der Waals surface area (Å²) < 4.78 is 13.5. The van der Waals surface area contributed by atoms with Gasteiger partial charge in [0, 0.05) is 12.8 Å². The standard InChI is InChI=1S/C14H15FN2O4/c15-9-4-2-1-3-8(9)7-11(14(20)21)17-13(19)10-5-6-12(18)16-10/h1-4,10-11H,5-7H2,(H,16,18)(H,17,19)(H,20,21)/t10-,11-/m1/s1. The number of carboxylic acid groups (broad SMARTS) is 1. The molecule has 0 aliphatic carbocycles. The Labute approximate surface area is 120 Å². The van der Waals surface area contributed by atoms with Crippen LogP contribution in [0, 0.1) is 5.82 Å². The maximum absolute atomic E-state index is 13.5. The Morgan fingerprint density at radius 3 is 2.71 bits per heavy atom. The Bertz CT molecular complexity index is 576. The van der Waals surface area contributed by atoms with Crippen LogP contribution in [0.4, 0.5) is 4.39 Å². The van der Waals surface area contributed by atoms with Gasteiger partial charge in [0.2, 0.25) is 11.8 Å². The number of rotatable bonds is 5. The molecule has 1 fully saturated rings. The third kappa shape index (κ3) is 3.77. The molecule has 1 aromatic carbocycles. The second-order valence-corrected chi connectivity index (χ2v) is 4.85. The normalized spacial score (nSPS) is 18.9. The van der Waals surface area contributed by atoms with Crippen molar-refractivity contribution in [3.63, 3.8) is 0 Å². The first-order valence-electron chi connectivity index (χ1n) is 6.53. The van der Waals surface area contributed by atoms with Crippen LogP contribution >= 0.6 is 0 Å². The van der Waals surface area contributed by atoms with Gasteiger partial charge in [0.05, 0.1) is 0 Å². The van der Waals surface area contributed by atoms with Crippen molar-refractivity contribution in [2.45, 2.75) is 31.3 Å². The minimum atomic E-state index is -1.25. The summed E-state index contributed by atoms with van der Waals surface area (Å²) in [6, 6.07) is 3.83. The molecule has 0 bridgehead atoms. The number of nitrogens with one attached hydrogen (secondary N) is 2. The monoisotopic (exact) mass is 294 g/mol. The van der Waals surface area contributed by atoms with Crippen LogP contribution in [-0.2, 0) is 20.8 Å². The fraction of sp³-hybridized carbons (Fsp3) is 0.357. The van der Waals surface area contributed by atoms with Gasteiger partial charge in [-0.05, 0) is 18.1 Å². The zero-order valence-electron chi connectivity index (χ0n) is 11.1. The molecule has 0 spiro atoms. The molecule has 0 aromatic heterocycles. The lowest BCUT2D eigenvalue weighted by Crippen LogP contribution is -2.49. The summed E-state index contributed by atoms with van der Waals surface area (Å²) in [5.74, 6) is -2.58. The van der Waals surface area contributed by atoms with Crippen LogP contribution in [0.1, 0.15) is 18.4 Å². The molecule has 2 atom stereocenters. The molecule has 0 unspecified atom stereocenters. The topological polar surface area (TPSA) is 95.5 Å². The highest BCUT2D eigenvalue weighted by Gasteiger charge is 2.30. The molecule has 1 saturated heterocycles. The van der Waals surface area contributed by atoms with Gasteiger partial charge in [0.25, 0.3) is 0 Å². The Hall–Kier alpha value is -2.44. The minimum absolute atomic E-state index is 0.158. The quantitative estimate of drug-likeness (QED) is 0.723. The van der Waals surface area contributed by atoms with E-state index in [1.54, 1.807) is 6.07 Å². The summed E-state index contributed by atoms with van der Waals surface area (Å²) in [5.41, 5.74) is 0.209. The molecule has 6 nitrogen and oxygen atoms in total. The summed E-state index contributed by atoms with van der Waals surface area (Å²) in [5, 5.41) is 13.9. The molecule has 1 aliphatic rings. The lowest BCUT2D eigenvalue weighted by molar-refractivity contribution is -0.142. The van der Waals surface area contributed by atoms with E-state index < -0.39 is 29.8 Å². The minimum Gasteiger partial charge on any atom is -0.480 e. The first-order chi connectivity index (χ1) is 9.97. The number of carbonyl (C=O) groups is 3. The first kappa shape index (κ1) is 15.0. The van der Waals surface area contributed by atoms with Crippen LogP contribution in [0.5, 0.6) is 0 Å². The number of halogens is 1. The van der Waals surface area contributed by atoms with Gasteiger partial charge in [0.15, 0.2) is 0 Å². The Morgan fingerprint density at radius 1 is 1.43 bits per heavy atom. The maximum atomic E-state index is 13.5. The van der Waals surface area contributed by atoms with E-state index in [-0.39, 0.29) is 24.3 Å². The number of hydrogen-bond acceptors (Lipinski definition) is 3. The molecule has 1 heterocycles. The van der Waals surface area contributed by atoms with Gasteiger partial charge in [-0.3, -0.25) is 9.59 Å². The fourth-order valence-corrected chi connectivity index (χ4v) is 2.17. The van der Waals surface area contributed by atoms with Crippen molar-refractivity contribution in [3.05, 3.63) is 35.6 Å². The molecular weight excluding hydrogens is 279 g/mol. The van der Waals surface area contributed by atoms with Gasteiger partial charge in [-0.15, -0.1) is 0 Å². The van der Waals surface area contributed by atoms with Crippen LogP contribution < -0.4 is 10.6 Å². The number of hydrogen-bond donors (Lipinski definition) is 3. The number of carboxylic acids is 1. The van der Waals surface area contributed by atoms with Crippen molar-refractivity contribution < 1.29 is 23.9 Å². The number of carbonyl (C=O) groups excluding carboxylic acids is 2. The molecule has 1 aliphatic heterocycles. The van der Waals surface area contributed by atoms with Crippen molar-refractivity contribution >= 4 is 17.8 Å². The van der Waals surface area contributed by atoms with E-state index in [1.165, 1.54) is 18.2 Å². The molecule has 2 amide bonds. The fourth-order valence-electron chi connectivity index (χ4n) is 2.17. The molecule has 2 rings (SSSR count). The smallest absolute Gasteiger partial charge is 0.326 e. The van der Waals surface area contributed by atoms with Crippen molar-refractivity contribution in [2.24, 2.45) is 0 Å². The van der Waals surface area contributed by atoms with Crippen LogP contribution in [0.15, 0.2) is 24.3 Å². The lowest BCUT2D eigenvalue weighted by atomic mass is 10.0. The molecule has 0 saturated carbocycles. The van der Waals surface area contributed by atoms with Crippen molar-refractivity contribution in [1.82, 2.24) is 10.6 Å². The van der Waals surface area contributed by atoms with Gasteiger partial charge in [-0.2, -0.15) is 0 Å². The zero-order chi connectivity index (χ0) is 15.4. The van der Waals surface area contributed by atoms with Crippen LogP contribution in [0.2, 0.25) is 0 Å². The predicted molar refractivity (Wildman–Crippen MR) is 70.8 cm³/mol. The average Bonchev–Trinajstić information content (AvgIpc) is 2.87. The zero-order valence-corrected chi connectivity index (χ0v) is 11.1. The van der Waals surface area contributed by atoms with Gasteiger partial charge < -0.3 is 15.7 Å². The maximum Gasteiger partial charge on any atom is 0.326 e. The van der Waals surface area contributed by atoms with E-state index in [1.807, 2.05) is 0 Å². The second kappa shape index (κ2) is 6.34. The van der Waals surface area contributed by atoms with Crippen LogP contribution in [0.3, 0.4) is 0 Å². The van der Waals surface area contributed by atoms with E-state index in [0.29, 0.717) is 6.42 Å². The molecule has 7 heteroatoms. The molecule has 21 heavy (non-hydrogen) atoms.